The van der Waals surface area contributed by atoms with Gasteiger partial charge in [0.2, 0.25) is 0 Å². The lowest BCUT2D eigenvalue weighted by atomic mass is 9.93. The van der Waals surface area contributed by atoms with Crippen LogP contribution in [0, 0.1) is 5.82 Å². The molecular formula is C20H21ClFN3S. The third kappa shape index (κ3) is 5.44. The van der Waals surface area contributed by atoms with E-state index in [0.717, 1.165) is 23.3 Å². The molecule has 1 atom stereocenters. The molecule has 0 saturated carbocycles. The van der Waals surface area contributed by atoms with E-state index >= 15 is 0 Å². The minimum atomic E-state index is -0.409. The van der Waals surface area contributed by atoms with Gasteiger partial charge in [-0.15, -0.1) is 0 Å². The lowest BCUT2D eigenvalue weighted by Gasteiger charge is -2.14. The quantitative estimate of drug-likeness (QED) is 0.351. The van der Waals surface area contributed by atoms with Crippen LogP contribution in [-0.4, -0.2) is 16.2 Å². The smallest absolute Gasteiger partial charge is 0.187 e. The van der Waals surface area contributed by atoms with Crippen LogP contribution in [0.5, 0.6) is 0 Å². The van der Waals surface area contributed by atoms with Gasteiger partial charge in [-0.1, -0.05) is 49.0 Å². The van der Waals surface area contributed by atoms with Crippen molar-refractivity contribution in [2.45, 2.75) is 24.4 Å². The van der Waals surface area contributed by atoms with Crippen molar-refractivity contribution < 1.29 is 4.39 Å². The molecular weight excluding hydrogens is 369 g/mol. The van der Waals surface area contributed by atoms with Gasteiger partial charge in [-0.3, -0.25) is 0 Å². The fourth-order valence-corrected chi connectivity index (χ4v) is 2.92. The van der Waals surface area contributed by atoms with Crippen LogP contribution < -0.4 is 5.32 Å². The Morgan fingerprint density at radius 2 is 2.23 bits per heavy atom. The fourth-order valence-electron chi connectivity index (χ4n) is 2.44. The van der Waals surface area contributed by atoms with Crippen molar-refractivity contribution in [2.24, 2.45) is 0 Å². The molecule has 0 fully saturated rings. The molecule has 2 rings (SSSR count). The molecule has 3 nitrogen and oxygen atoms in total. The first-order chi connectivity index (χ1) is 12.6. The van der Waals surface area contributed by atoms with Crippen LogP contribution in [0.15, 0.2) is 66.7 Å². The van der Waals surface area contributed by atoms with Gasteiger partial charge in [-0.2, -0.15) is 0 Å². The first-order valence-corrected chi connectivity index (χ1v) is 9.77. The topological polar surface area (TPSA) is 37.8 Å². The van der Waals surface area contributed by atoms with Gasteiger partial charge < -0.3 is 5.32 Å². The zero-order valence-corrected chi connectivity index (χ0v) is 16.3. The maximum atomic E-state index is 13.9. The summed E-state index contributed by atoms with van der Waals surface area (Å²) in [5.74, 6) is -0.383. The maximum absolute atomic E-state index is 13.9. The van der Waals surface area contributed by atoms with Crippen LogP contribution in [0.3, 0.4) is 0 Å². The summed E-state index contributed by atoms with van der Waals surface area (Å²) < 4.78 is 13.9. The average molecular weight is 390 g/mol. The minimum absolute atomic E-state index is 0.0258. The van der Waals surface area contributed by atoms with Gasteiger partial charge in [0, 0.05) is 18.3 Å². The minimum Gasteiger partial charge on any atom is -0.368 e. The van der Waals surface area contributed by atoms with Gasteiger partial charge in [-0.05, 0) is 54.3 Å². The second-order valence-corrected chi connectivity index (χ2v) is 6.62. The van der Waals surface area contributed by atoms with E-state index in [2.05, 4.69) is 34.9 Å². The number of nitrogens with zero attached hydrogens (tertiary/aromatic N) is 2. The number of halogens is 2. The number of hydrogen-bond acceptors (Lipinski definition) is 4. The second-order valence-electron chi connectivity index (χ2n) is 5.44. The first-order valence-electron chi connectivity index (χ1n) is 8.16. The Labute approximate surface area is 163 Å². The van der Waals surface area contributed by atoms with Crippen LogP contribution in [0.2, 0.25) is 5.02 Å². The molecule has 0 amide bonds. The number of benzene rings is 1. The van der Waals surface area contributed by atoms with Crippen molar-refractivity contribution in [2.75, 3.05) is 6.26 Å². The van der Waals surface area contributed by atoms with E-state index in [1.54, 1.807) is 24.7 Å². The van der Waals surface area contributed by atoms with Crippen LogP contribution in [0.1, 0.15) is 30.5 Å². The number of allylic oxidation sites excluding steroid dienone is 3. The third-order valence-electron chi connectivity index (χ3n) is 3.78. The summed E-state index contributed by atoms with van der Waals surface area (Å²) in [6.45, 7) is 5.70. The van der Waals surface area contributed by atoms with Crippen molar-refractivity contribution in [3.8, 4) is 0 Å². The van der Waals surface area contributed by atoms with Gasteiger partial charge in [0.15, 0.2) is 5.16 Å². The molecule has 0 bridgehead atoms. The summed E-state index contributed by atoms with van der Waals surface area (Å²) in [5.41, 5.74) is 2.59. The summed E-state index contributed by atoms with van der Waals surface area (Å²) in [4.78, 5) is 8.79. The molecule has 1 N–H and O–H groups in total. The summed E-state index contributed by atoms with van der Waals surface area (Å²) >= 11 is 7.29. The van der Waals surface area contributed by atoms with E-state index in [4.69, 9.17) is 11.6 Å². The molecule has 6 heteroatoms. The number of rotatable bonds is 8. The van der Waals surface area contributed by atoms with Gasteiger partial charge in [0.25, 0.3) is 0 Å². The normalized spacial score (nSPS) is 13.0. The number of nitrogens with one attached hydrogen (secondary N) is 1. The lowest BCUT2D eigenvalue weighted by molar-refractivity contribution is 0.623. The van der Waals surface area contributed by atoms with E-state index in [1.165, 1.54) is 17.8 Å². The molecule has 0 radical (unpaired) electrons. The predicted molar refractivity (Wildman–Crippen MR) is 109 cm³/mol. The summed E-state index contributed by atoms with van der Waals surface area (Å²) in [5, 5.41) is 3.77. The number of hydrogen-bond donors (Lipinski definition) is 1. The van der Waals surface area contributed by atoms with Crippen LogP contribution in [-0.2, 0) is 0 Å². The van der Waals surface area contributed by atoms with Crippen molar-refractivity contribution in [1.29, 1.82) is 0 Å². The Morgan fingerprint density at radius 1 is 1.42 bits per heavy atom. The average Bonchev–Trinajstić information content (AvgIpc) is 2.67. The Balaban J connectivity index is 2.46. The van der Waals surface area contributed by atoms with Crippen molar-refractivity contribution in [3.63, 3.8) is 0 Å². The fraction of sp³-hybridized carbons (Fsp3) is 0.200. The van der Waals surface area contributed by atoms with Crippen LogP contribution in [0.25, 0.3) is 5.57 Å². The third-order valence-corrected chi connectivity index (χ3v) is 4.65. The monoisotopic (exact) mass is 389 g/mol. The van der Waals surface area contributed by atoms with Crippen molar-refractivity contribution in [1.82, 2.24) is 15.3 Å². The molecule has 0 aliphatic rings. The zero-order chi connectivity index (χ0) is 18.9. The molecule has 26 heavy (non-hydrogen) atoms. The number of thioether (sulfide) groups is 1. The highest BCUT2D eigenvalue weighted by Gasteiger charge is 2.12. The SMILES string of the molecule is C=CN/C=C\C(=C/C(CC)c1ccc(Cl)c(F)c1)c1ccnc(SC)n1. The van der Waals surface area contributed by atoms with Crippen molar-refractivity contribution >= 4 is 28.9 Å². The van der Waals surface area contributed by atoms with Gasteiger partial charge >= 0.3 is 0 Å². The van der Waals surface area contributed by atoms with Gasteiger partial charge in [0.05, 0.1) is 10.7 Å². The van der Waals surface area contributed by atoms with E-state index in [1.807, 2.05) is 24.5 Å². The Kier molecular flexibility index (Phi) is 7.88. The molecule has 1 unspecified atom stereocenters. The van der Waals surface area contributed by atoms with Crippen molar-refractivity contribution in [3.05, 3.63) is 83.7 Å². The van der Waals surface area contributed by atoms with E-state index in [-0.39, 0.29) is 10.9 Å². The Hall–Kier alpha value is -2.11. The van der Waals surface area contributed by atoms with Crippen LogP contribution in [0.4, 0.5) is 4.39 Å². The number of aromatic nitrogens is 2. The molecule has 1 heterocycles. The maximum Gasteiger partial charge on any atom is 0.187 e. The largest absolute Gasteiger partial charge is 0.368 e. The predicted octanol–water partition coefficient (Wildman–Crippen LogP) is 5.82. The highest BCUT2D eigenvalue weighted by Crippen LogP contribution is 2.28. The molecule has 136 valence electrons. The lowest BCUT2D eigenvalue weighted by Crippen LogP contribution is -1.99. The molecule has 0 spiro atoms. The van der Waals surface area contributed by atoms with E-state index < -0.39 is 5.82 Å². The molecule has 0 aliphatic heterocycles. The Bertz CT molecular complexity index is 820. The van der Waals surface area contributed by atoms with E-state index in [9.17, 15) is 4.39 Å². The molecule has 2 aromatic rings. The molecule has 1 aromatic carbocycles. The van der Waals surface area contributed by atoms with E-state index in [0.29, 0.717) is 5.16 Å². The summed E-state index contributed by atoms with van der Waals surface area (Å²) in [7, 11) is 0. The van der Waals surface area contributed by atoms with Gasteiger partial charge in [0.1, 0.15) is 5.82 Å². The Morgan fingerprint density at radius 3 is 2.88 bits per heavy atom. The first kappa shape index (κ1) is 20.2. The standard InChI is InChI=1S/C20H21ClFN3S/c1-4-14(15-6-7-17(21)18(22)13-15)12-16(8-10-23-5-2)19-9-11-24-20(25-19)26-3/h5-14,23H,2,4H2,1,3H3/b10-8-,16-12+. The molecule has 0 aliphatic carbocycles. The van der Waals surface area contributed by atoms with Crippen LogP contribution >= 0.6 is 23.4 Å². The molecule has 0 saturated heterocycles. The highest BCUT2D eigenvalue weighted by atomic mass is 35.5. The summed E-state index contributed by atoms with van der Waals surface area (Å²) in [6, 6.07) is 6.79. The highest BCUT2D eigenvalue weighted by molar-refractivity contribution is 7.98. The second kappa shape index (κ2) is 10.1. The van der Waals surface area contributed by atoms with Gasteiger partial charge in [-0.25, -0.2) is 14.4 Å². The summed E-state index contributed by atoms with van der Waals surface area (Å²) in [6.07, 6.45) is 11.9. The molecule has 1 aromatic heterocycles. The zero-order valence-electron chi connectivity index (χ0n) is 14.7.